The molecule has 0 atom stereocenters. The Morgan fingerprint density at radius 2 is 1.59 bits per heavy atom. The maximum Gasteiger partial charge on any atom is 0.416 e. The predicted octanol–water partition coefficient (Wildman–Crippen LogP) is 5.55. The molecule has 32 heavy (non-hydrogen) atoms. The van der Waals surface area contributed by atoms with Crippen LogP contribution in [-0.2, 0) is 19.3 Å². The topological polar surface area (TPSA) is 46.9 Å². The number of nitrogens with one attached hydrogen (secondary N) is 1. The summed E-state index contributed by atoms with van der Waals surface area (Å²) >= 11 is 0. The minimum absolute atomic E-state index is 0.294. The first-order valence-corrected chi connectivity index (χ1v) is 9.99. The van der Waals surface area contributed by atoms with Gasteiger partial charge in [-0.05, 0) is 40.5 Å². The lowest BCUT2D eigenvalue weighted by Gasteiger charge is -2.14. The van der Waals surface area contributed by atoms with Crippen molar-refractivity contribution in [1.29, 1.82) is 0 Å². The third-order valence-electron chi connectivity index (χ3n) is 5.16. The highest BCUT2D eigenvalue weighted by molar-refractivity contribution is 6.00. The molecule has 7 heteroatoms. The molecule has 0 aliphatic heterocycles. The Labute approximate surface area is 183 Å². The molecular formula is C25H20F3N3O. The fourth-order valence-corrected chi connectivity index (χ4v) is 3.50. The Kier molecular flexibility index (Phi) is 6.07. The summed E-state index contributed by atoms with van der Waals surface area (Å²) in [6.07, 6.45) is 0.910. The number of rotatable bonds is 6. The summed E-state index contributed by atoms with van der Waals surface area (Å²) < 4.78 is 40.6. The molecule has 4 nitrogen and oxygen atoms in total. The van der Waals surface area contributed by atoms with Gasteiger partial charge in [0.05, 0.1) is 11.9 Å². The van der Waals surface area contributed by atoms with E-state index in [2.05, 4.69) is 10.3 Å². The molecule has 0 aliphatic carbocycles. The lowest BCUT2D eigenvalue weighted by molar-refractivity contribution is -0.137. The van der Waals surface area contributed by atoms with Gasteiger partial charge < -0.3 is 9.88 Å². The number of hydrogen-bond acceptors (Lipinski definition) is 2. The average Bonchev–Trinajstić information content (AvgIpc) is 3.31. The molecule has 1 amide bonds. The minimum atomic E-state index is -4.40. The van der Waals surface area contributed by atoms with E-state index in [0.29, 0.717) is 29.8 Å². The van der Waals surface area contributed by atoms with E-state index in [0.717, 1.165) is 23.3 Å². The molecular weight excluding hydrogens is 415 g/mol. The van der Waals surface area contributed by atoms with Crippen LogP contribution >= 0.6 is 0 Å². The number of carbonyl (C=O) groups is 1. The summed E-state index contributed by atoms with van der Waals surface area (Å²) in [5, 5.41) is 2.94. The molecule has 0 spiro atoms. The van der Waals surface area contributed by atoms with Crippen molar-refractivity contribution in [1.82, 2.24) is 14.9 Å². The number of imidazole rings is 1. The van der Waals surface area contributed by atoms with E-state index < -0.39 is 11.7 Å². The Hall–Kier alpha value is -3.87. The van der Waals surface area contributed by atoms with Crippen molar-refractivity contribution >= 4 is 5.91 Å². The number of carbonyl (C=O) groups excluding carboxylic acids is 1. The van der Waals surface area contributed by atoms with Crippen molar-refractivity contribution in [3.63, 3.8) is 0 Å². The monoisotopic (exact) mass is 435 g/mol. The number of alkyl halides is 3. The summed E-state index contributed by atoms with van der Waals surface area (Å²) in [6, 6.07) is 19.5. The Bertz CT molecular complexity index is 1200. The quantitative estimate of drug-likeness (QED) is 0.432. The maximum absolute atomic E-state index is 13.0. The zero-order valence-corrected chi connectivity index (χ0v) is 17.0. The molecule has 0 aliphatic rings. The molecule has 0 radical (unpaired) electrons. The van der Waals surface area contributed by atoms with Crippen LogP contribution in [0.15, 0.2) is 91.5 Å². The lowest BCUT2D eigenvalue weighted by Crippen LogP contribution is -2.24. The smallest absolute Gasteiger partial charge is 0.348 e. The van der Waals surface area contributed by atoms with Crippen LogP contribution in [0.1, 0.15) is 27.0 Å². The second-order valence-electron chi connectivity index (χ2n) is 7.31. The molecule has 0 bridgehead atoms. The second-order valence-corrected chi connectivity index (χ2v) is 7.31. The molecule has 1 aromatic heterocycles. The first-order chi connectivity index (χ1) is 15.4. The largest absolute Gasteiger partial charge is 0.416 e. The number of benzene rings is 3. The zero-order valence-electron chi connectivity index (χ0n) is 17.0. The molecule has 4 rings (SSSR count). The van der Waals surface area contributed by atoms with E-state index in [1.54, 1.807) is 36.8 Å². The molecule has 1 N–H and O–H groups in total. The van der Waals surface area contributed by atoms with Gasteiger partial charge in [0.1, 0.15) is 0 Å². The SMILES string of the molecule is O=C(NCc1ccccc1Cn1ccnc1)c1ccccc1-c1ccc(C(F)(F)F)cc1. The van der Waals surface area contributed by atoms with Crippen LogP contribution in [0.3, 0.4) is 0 Å². The van der Waals surface area contributed by atoms with Gasteiger partial charge >= 0.3 is 6.18 Å². The maximum atomic E-state index is 13.0. The minimum Gasteiger partial charge on any atom is -0.348 e. The van der Waals surface area contributed by atoms with Crippen molar-refractivity contribution < 1.29 is 18.0 Å². The summed E-state index contributed by atoms with van der Waals surface area (Å²) in [5.41, 5.74) is 2.83. The van der Waals surface area contributed by atoms with Crippen LogP contribution in [0.4, 0.5) is 13.2 Å². The molecule has 4 aromatic rings. The first-order valence-electron chi connectivity index (χ1n) is 9.99. The average molecular weight is 435 g/mol. The Morgan fingerprint density at radius 3 is 2.28 bits per heavy atom. The summed E-state index contributed by atoms with van der Waals surface area (Å²) in [7, 11) is 0. The second kappa shape index (κ2) is 9.09. The van der Waals surface area contributed by atoms with Gasteiger partial charge in [0.15, 0.2) is 0 Å². The van der Waals surface area contributed by atoms with Gasteiger partial charge in [-0.3, -0.25) is 4.79 Å². The Balaban J connectivity index is 1.52. The normalized spacial score (nSPS) is 11.3. The van der Waals surface area contributed by atoms with E-state index in [9.17, 15) is 18.0 Å². The fraction of sp³-hybridized carbons (Fsp3) is 0.120. The van der Waals surface area contributed by atoms with E-state index in [-0.39, 0.29) is 5.91 Å². The summed E-state index contributed by atoms with van der Waals surface area (Å²) in [6.45, 7) is 0.958. The molecule has 1 heterocycles. The van der Waals surface area contributed by atoms with Crippen molar-refractivity contribution in [2.45, 2.75) is 19.3 Å². The first kappa shape index (κ1) is 21.4. The molecule has 0 saturated carbocycles. The van der Waals surface area contributed by atoms with E-state index in [1.807, 2.05) is 35.0 Å². The summed E-state index contributed by atoms with van der Waals surface area (Å²) in [4.78, 5) is 17.0. The lowest BCUT2D eigenvalue weighted by atomic mass is 9.98. The van der Waals surface area contributed by atoms with Gasteiger partial charge in [-0.15, -0.1) is 0 Å². The number of halogens is 3. The van der Waals surface area contributed by atoms with Crippen LogP contribution in [0, 0.1) is 0 Å². The van der Waals surface area contributed by atoms with E-state index in [1.165, 1.54) is 12.1 Å². The van der Waals surface area contributed by atoms with Gasteiger partial charge in [0.25, 0.3) is 5.91 Å². The highest BCUT2D eigenvalue weighted by Gasteiger charge is 2.30. The highest BCUT2D eigenvalue weighted by Crippen LogP contribution is 2.31. The predicted molar refractivity (Wildman–Crippen MR) is 116 cm³/mol. The summed E-state index contributed by atoms with van der Waals surface area (Å²) in [5.74, 6) is -0.294. The highest BCUT2D eigenvalue weighted by atomic mass is 19.4. The Morgan fingerprint density at radius 1 is 0.906 bits per heavy atom. The van der Waals surface area contributed by atoms with Crippen molar-refractivity contribution in [2.75, 3.05) is 0 Å². The molecule has 0 unspecified atom stereocenters. The number of aromatic nitrogens is 2. The molecule has 0 fully saturated rings. The van der Waals surface area contributed by atoms with Crippen LogP contribution in [0.5, 0.6) is 0 Å². The van der Waals surface area contributed by atoms with Crippen molar-refractivity contribution in [2.24, 2.45) is 0 Å². The van der Waals surface area contributed by atoms with E-state index >= 15 is 0 Å². The van der Waals surface area contributed by atoms with Crippen LogP contribution in [0.2, 0.25) is 0 Å². The van der Waals surface area contributed by atoms with Crippen LogP contribution in [0.25, 0.3) is 11.1 Å². The van der Waals surface area contributed by atoms with E-state index in [4.69, 9.17) is 0 Å². The van der Waals surface area contributed by atoms with Crippen molar-refractivity contribution in [3.05, 3.63) is 114 Å². The number of amides is 1. The molecule has 3 aromatic carbocycles. The van der Waals surface area contributed by atoms with Gasteiger partial charge in [-0.2, -0.15) is 13.2 Å². The standard InChI is InChI=1S/C25H20F3N3O/c26-25(27,28)21-11-9-18(10-12-21)22-7-3-4-8-23(22)24(32)30-15-19-5-1-2-6-20(19)16-31-14-13-29-17-31/h1-14,17H,15-16H2,(H,30,32). The third kappa shape index (κ3) is 4.88. The number of nitrogens with zero attached hydrogens (tertiary/aromatic N) is 2. The van der Waals surface area contributed by atoms with Crippen LogP contribution < -0.4 is 5.32 Å². The number of hydrogen-bond donors (Lipinski definition) is 1. The van der Waals surface area contributed by atoms with Gasteiger partial charge in [-0.1, -0.05) is 54.6 Å². The fourth-order valence-electron chi connectivity index (χ4n) is 3.50. The zero-order chi connectivity index (χ0) is 22.6. The van der Waals surface area contributed by atoms with Gasteiger partial charge in [0, 0.05) is 31.0 Å². The van der Waals surface area contributed by atoms with Gasteiger partial charge in [0.2, 0.25) is 0 Å². The molecule has 0 saturated heterocycles. The van der Waals surface area contributed by atoms with Crippen molar-refractivity contribution in [3.8, 4) is 11.1 Å². The van der Waals surface area contributed by atoms with Crippen LogP contribution in [-0.4, -0.2) is 15.5 Å². The molecule has 162 valence electrons. The third-order valence-corrected chi connectivity index (χ3v) is 5.16. The van der Waals surface area contributed by atoms with Gasteiger partial charge in [-0.25, -0.2) is 4.98 Å².